The fraction of sp³-hybridized carbons (Fsp3) is 0.0769. The fourth-order valence-electron chi connectivity index (χ4n) is 1.91. The molecule has 100 valence electrons. The Hall–Kier alpha value is -2.96. The molecule has 0 aliphatic carbocycles. The molecule has 0 aliphatic rings. The summed E-state index contributed by atoms with van der Waals surface area (Å²) in [5.41, 5.74) is 7.06. The zero-order valence-electron chi connectivity index (χ0n) is 10.8. The predicted molar refractivity (Wildman–Crippen MR) is 72.1 cm³/mol. The SMILES string of the molecule is Cn1ccnc1-c1cn(-c2cccc(C(N)=O)c2)nn1. The van der Waals surface area contributed by atoms with Crippen LogP contribution < -0.4 is 5.73 Å². The van der Waals surface area contributed by atoms with E-state index in [4.69, 9.17) is 5.73 Å². The molecule has 2 heterocycles. The number of carbonyl (C=O) groups excluding carboxylic acids is 1. The predicted octanol–water partition coefficient (Wildman–Crippen LogP) is 0.767. The molecule has 0 aliphatic heterocycles. The van der Waals surface area contributed by atoms with E-state index < -0.39 is 5.91 Å². The molecule has 0 bridgehead atoms. The molecule has 2 aromatic heterocycles. The summed E-state index contributed by atoms with van der Waals surface area (Å²) in [6.07, 6.45) is 5.28. The maximum atomic E-state index is 11.2. The second-order valence-electron chi connectivity index (χ2n) is 4.32. The van der Waals surface area contributed by atoms with Crippen LogP contribution in [0.1, 0.15) is 10.4 Å². The van der Waals surface area contributed by atoms with Gasteiger partial charge in [-0.25, -0.2) is 9.67 Å². The molecule has 0 unspecified atom stereocenters. The zero-order valence-corrected chi connectivity index (χ0v) is 10.8. The van der Waals surface area contributed by atoms with Gasteiger partial charge in [-0.1, -0.05) is 11.3 Å². The molecule has 0 spiro atoms. The lowest BCUT2D eigenvalue weighted by molar-refractivity contribution is 0.100. The Labute approximate surface area is 114 Å². The first-order chi connectivity index (χ1) is 9.65. The standard InChI is InChI=1S/C13H12N6O/c1-18-6-5-15-13(18)11-8-19(17-16-11)10-4-2-3-9(7-10)12(14)20/h2-8H,1H3,(H2,14,20). The van der Waals surface area contributed by atoms with E-state index in [1.54, 1.807) is 35.3 Å². The summed E-state index contributed by atoms with van der Waals surface area (Å²) in [6.45, 7) is 0. The minimum absolute atomic E-state index is 0.427. The first kappa shape index (κ1) is 12.1. The summed E-state index contributed by atoms with van der Waals surface area (Å²) in [6, 6.07) is 6.89. The highest BCUT2D eigenvalue weighted by Gasteiger charge is 2.10. The summed E-state index contributed by atoms with van der Waals surface area (Å²) >= 11 is 0. The minimum atomic E-state index is -0.476. The van der Waals surface area contributed by atoms with Crippen LogP contribution in [0.4, 0.5) is 0 Å². The van der Waals surface area contributed by atoms with Crippen molar-refractivity contribution in [2.45, 2.75) is 0 Å². The van der Waals surface area contributed by atoms with Crippen LogP contribution in [0.5, 0.6) is 0 Å². The van der Waals surface area contributed by atoms with E-state index in [1.807, 2.05) is 23.9 Å². The average Bonchev–Trinajstić information content (AvgIpc) is 3.07. The number of nitrogens with two attached hydrogens (primary N) is 1. The van der Waals surface area contributed by atoms with E-state index in [0.717, 1.165) is 5.82 Å². The van der Waals surface area contributed by atoms with Gasteiger partial charge in [-0.2, -0.15) is 0 Å². The molecule has 0 fully saturated rings. The van der Waals surface area contributed by atoms with Gasteiger partial charge in [-0.05, 0) is 18.2 Å². The van der Waals surface area contributed by atoms with E-state index in [-0.39, 0.29) is 0 Å². The van der Waals surface area contributed by atoms with E-state index in [0.29, 0.717) is 16.9 Å². The van der Waals surface area contributed by atoms with Crippen molar-refractivity contribution in [2.24, 2.45) is 12.8 Å². The molecule has 3 aromatic rings. The number of hydrogen-bond donors (Lipinski definition) is 1. The number of amides is 1. The molecule has 1 amide bonds. The molecule has 0 saturated heterocycles. The van der Waals surface area contributed by atoms with E-state index in [9.17, 15) is 4.79 Å². The number of carbonyl (C=O) groups is 1. The third kappa shape index (κ3) is 2.05. The van der Waals surface area contributed by atoms with Crippen molar-refractivity contribution >= 4 is 5.91 Å². The van der Waals surface area contributed by atoms with Crippen molar-refractivity contribution in [1.29, 1.82) is 0 Å². The Kier molecular flexibility index (Phi) is 2.79. The monoisotopic (exact) mass is 268 g/mol. The Bertz CT molecular complexity index is 773. The van der Waals surface area contributed by atoms with Crippen molar-refractivity contribution in [2.75, 3.05) is 0 Å². The quantitative estimate of drug-likeness (QED) is 0.759. The Morgan fingerprint density at radius 2 is 2.20 bits per heavy atom. The number of rotatable bonds is 3. The molecule has 7 nitrogen and oxygen atoms in total. The highest BCUT2D eigenvalue weighted by molar-refractivity contribution is 5.93. The lowest BCUT2D eigenvalue weighted by Crippen LogP contribution is -2.11. The van der Waals surface area contributed by atoms with Crippen molar-refractivity contribution in [3.8, 4) is 17.2 Å². The summed E-state index contributed by atoms with van der Waals surface area (Å²) in [4.78, 5) is 15.4. The summed E-state index contributed by atoms with van der Waals surface area (Å²) in [5.74, 6) is 0.249. The van der Waals surface area contributed by atoms with Crippen LogP contribution in [0, 0.1) is 0 Å². The van der Waals surface area contributed by atoms with E-state index >= 15 is 0 Å². The van der Waals surface area contributed by atoms with Gasteiger partial charge < -0.3 is 10.3 Å². The first-order valence-corrected chi connectivity index (χ1v) is 5.95. The molecule has 2 N–H and O–H groups in total. The van der Waals surface area contributed by atoms with Crippen molar-refractivity contribution in [1.82, 2.24) is 24.5 Å². The van der Waals surface area contributed by atoms with Gasteiger partial charge in [0.05, 0.1) is 11.9 Å². The third-order valence-electron chi connectivity index (χ3n) is 2.94. The van der Waals surface area contributed by atoms with Crippen molar-refractivity contribution in [3.63, 3.8) is 0 Å². The lowest BCUT2D eigenvalue weighted by Gasteiger charge is -2.01. The molecule has 20 heavy (non-hydrogen) atoms. The zero-order chi connectivity index (χ0) is 14.1. The van der Waals surface area contributed by atoms with Gasteiger partial charge in [0, 0.05) is 25.0 Å². The van der Waals surface area contributed by atoms with Gasteiger partial charge in [-0.3, -0.25) is 4.79 Å². The largest absolute Gasteiger partial charge is 0.366 e. The van der Waals surface area contributed by atoms with Crippen molar-refractivity contribution in [3.05, 3.63) is 48.4 Å². The van der Waals surface area contributed by atoms with E-state index in [2.05, 4.69) is 15.3 Å². The number of benzene rings is 1. The van der Waals surface area contributed by atoms with E-state index in [1.165, 1.54) is 0 Å². The second kappa shape index (κ2) is 4.61. The van der Waals surface area contributed by atoms with Crippen LogP contribution in [-0.2, 0) is 7.05 Å². The van der Waals surface area contributed by atoms with Crippen LogP contribution in [-0.4, -0.2) is 30.5 Å². The molecular formula is C13H12N6O. The Balaban J connectivity index is 2.00. The van der Waals surface area contributed by atoms with Gasteiger partial charge in [0.15, 0.2) is 5.82 Å². The molecule has 0 radical (unpaired) electrons. The fourth-order valence-corrected chi connectivity index (χ4v) is 1.91. The highest BCUT2D eigenvalue weighted by Crippen LogP contribution is 2.15. The van der Waals surface area contributed by atoms with Crippen LogP contribution >= 0.6 is 0 Å². The summed E-state index contributed by atoms with van der Waals surface area (Å²) in [5, 5.41) is 8.13. The molecule has 3 rings (SSSR count). The van der Waals surface area contributed by atoms with Crippen LogP contribution in [0.15, 0.2) is 42.9 Å². The smallest absolute Gasteiger partial charge is 0.248 e. The maximum Gasteiger partial charge on any atom is 0.248 e. The van der Waals surface area contributed by atoms with Gasteiger partial charge in [0.1, 0.15) is 5.69 Å². The first-order valence-electron chi connectivity index (χ1n) is 5.95. The van der Waals surface area contributed by atoms with Crippen LogP contribution in [0.2, 0.25) is 0 Å². The van der Waals surface area contributed by atoms with Crippen molar-refractivity contribution < 1.29 is 4.79 Å². The minimum Gasteiger partial charge on any atom is -0.366 e. The normalized spacial score (nSPS) is 10.7. The highest BCUT2D eigenvalue weighted by atomic mass is 16.1. The van der Waals surface area contributed by atoms with Gasteiger partial charge >= 0.3 is 0 Å². The third-order valence-corrected chi connectivity index (χ3v) is 2.94. The molecule has 7 heteroatoms. The average molecular weight is 268 g/mol. The second-order valence-corrected chi connectivity index (χ2v) is 4.32. The van der Waals surface area contributed by atoms with Crippen LogP contribution in [0.3, 0.4) is 0 Å². The number of hydrogen-bond acceptors (Lipinski definition) is 4. The molecular weight excluding hydrogens is 256 g/mol. The van der Waals surface area contributed by atoms with Gasteiger partial charge in [-0.15, -0.1) is 5.10 Å². The molecule has 0 saturated carbocycles. The Morgan fingerprint density at radius 1 is 1.35 bits per heavy atom. The molecule has 0 atom stereocenters. The number of aryl methyl sites for hydroxylation is 1. The van der Waals surface area contributed by atoms with Gasteiger partial charge in [0.2, 0.25) is 5.91 Å². The topological polar surface area (TPSA) is 91.6 Å². The number of aromatic nitrogens is 5. The summed E-state index contributed by atoms with van der Waals surface area (Å²) in [7, 11) is 1.88. The number of primary amides is 1. The Morgan fingerprint density at radius 3 is 2.90 bits per heavy atom. The number of nitrogens with zero attached hydrogens (tertiary/aromatic N) is 5. The van der Waals surface area contributed by atoms with Gasteiger partial charge in [0.25, 0.3) is 0 Å². The molecule has 1 aromatic carbocycles. The summed E-state index contributed by atoms with van der Waals surface area (Å²) < 4.78 is 3.44. The van der Waals surface area contributed by atoms with Crippen LogP contribution in [0.25, 0.3) is 17.2 Å². The maximum absolute atomic E-state index is 11.2. The number of imidazole rings is 1. The lowest BCUT2D eigenvalue weighted by atomic mass is 10.2.